The second-order valence-corrected chi connectivity index (χ2v) is 6.46. The molecule has 0 atom stereocenters. The second-order valence-electron chi connectivity index (χ2n) is 6.46. The number of aryl methyl sites for hydroxylation is 1. The lowest BCUT2D eigenvalue weighted by atomic mass is 10.1. The average Bonchev–Trinajstić information content (AvgIpc) is 3.21. The first kappa shape index (κ1) is 15.7. The smallest absolute Gasteiger partial charge is 0.205 e. The fraction of sp³-hybridized carbons (Fsp3) is 0.333. The molecule has 0 spiro atoms. The number of carbonyl (C=O) groups excluding carboxylic acids is 1. The molecule has 1 aliphatic rings. The fourth-order valence-corrected chi connectivity index (χ4v) is 3.22. The maximum absolute atomic E-state index is 13.3. The van der Waals surface area contributed by atoms with Crippen LogP contribution in [0.2, 0.25) is 0 Å². The van der Waals surface area contributed by atoms with Crippen LogP contribution in [0.3, 0.4) is 0 Å². The number of ketones is 1. The Kier molecular flexibility index (Phi) is 3.71. The number of carbonyl (C=O) groups is 1. The summed E-state index contributed by atoms with van der Waals surface area (Å²) in [5.74, 6) is -0.114. The third-order valence-electron chi connectivity index (χ3n) is 4.52. The lowest BCUT2D eigenvalue weighted by molar-refractivity contribution is 0.0960. The van der Waals surface area contributed by atoms with Gasteiger partial charge in [-0.1, -0.05) is 12.1 Å². The maximum atomic E-state index is 13.3. The molecule has 0 amide bonds. The van der Waals surface area contributed by atoms with E-state index in [0.717, 1.165) is 11.4 Å². The molecule has 1 aliphatic carbocycles. The largest absolute Gasteiger partial charge is 0.345 e. The zero-order valence-electron chi connectivity index (χ0n) is 14.1. The maximum Gasteiger partial charge on any atom is 0.205 e. The Bertz CT molecular complexity index is 954. The molecule has 25 heavy (non-hydrogen) atoms. The van der Waals surface area contributed by atoms with E-state index in [1.165, 1.54) is 29.8 Å². The lowest BCUT2D eigenvalue weighted by Gasteiger charge is -2.07. The molecular weight excluding hydrogens is 321 g/mol. The molecule has 0 bridgehead atoms. The number of hydrogen-bond acceptors (Lipinski definition) is 4. The van der Waals surface area contributed by atoms with Crippen molar-refractivity contribution in [3.63, 3.8) is 0 Å². The molecule has 1 fully saturated rings. The monoisotopic (exact) mass is 339 g/mol. The highest BCUT2D eigenvalue weighted by molar-refractivity contribution is 5.97. The van der Waals surface area contributed by atoms with Gasteiger partial charge in [0.05, 0.1) is 0 Å². The third-order valence-corrected chi connectivity index (χ3v) is 4.52. The molecule has 3 aromatic rings. The molecule has 0 aliphatic heterocycles. The Morgan fingerprint density at radius 3 is 2.80 bits per heavy atom. The molecule has 1 aromatic carbocycles. The van der Waals surface area contributed by atoms with E-state index in [4.69, 9.17) is 0 Å². The number of hydrogen-bond donors (Lipinski definition) is 0. The van der Waals surface area contributed by atoms with Crippen molar-refractivity contribution in [1.29, 1.82) is 0 Å². The first-order valence-corrected chi connectivity index (χ1v) is 8.28. The number of benzene rings is 1. The topological polar surface area (TPSA) is 65.6 Å². The minimum absolute atomic E-state index is 0.0112. The Morgan fingerprint density at radius 2 is 2.08 bits per heavy atom. The summed E-state index contributed by atoms with van der Waals surface area (Å²) in [5.41, 5.74) is 3.34. The van der Waals surface area contributed by atoms with Crippen LogP contribution in [0.4, 0.5) is 4.39 Å². The fourth-order valence-electron chi connectivity index (χ4n) is 3.22. The van der Waals surface area contributed by atoms with Gasteiger partial charge in [-0.25, -0.2) is 4.39 Å². The lowest BCUT2D eigenvalue weighted by Crippen LogP contribution is -2.14. The van der Waals surface area contributed by atoms with Gasteiger partial charge in [0, 0.05) is 28.6 Å². The van der Waals surface area contributed by atoms with E-state index in [1.807, 2.05) is 19.9 Å². The first-order chi connectivity index (χ1) is 12.0. The van der Waals surface area contributed by atoms with E-state index in [-0.39, 0.29) is 18.1 Å². The van der Waals surface area contributed by atoms with Gasteiger partial charge in [-0.05, 0) is 50.1 Å². The Balaban J connectivity index is 1.55. The molecule has 128 valence electrons. The summed E-state index contributed by atoms with van der Waals surface area (Å²) in [6, 6.07) is 8.45. The van der Waals surface area contributed by atoms with Gasteiger partial charge in [-0.15, -0.1) is 10.2 Å². The van der Waals surface area contributed by atoms with Gasteiger partial charge in [0.25, 0.3) is 0 Å². The molecule has 0 radical (unpaired) electrons. The van der Waals surface area contributed by atoms with Gasteiger partial charge in [-0.2, -0.15) is 4.80 Å². The van der Waals surface area contributed by atoms with Crippen LogP contribution in [0.15, 0.2) is 30.3 Å². The van der Waals surface area contributed by atoms with Crippen LogP contribution < -0.4 is 0 Å². The van der Waals surface area contributed by atoms with Gasteiger partial charge in [0.15, 0.2) is 5.78 Å². The number of aromatic nitrogens is 5. The molecule has 0 N–H and O–H groups in total. The van der Waals surface area contributed by atoms with Crippen LogP contribution in [0, 0.1) is 19.7 Å². The van der Waals surface area contributed by atoms with E-state index in [1.54, 1.807) is 12.1 Å². The van der Waals surface area contributed by atoms with Crippen molar-refractivity contribution >= 4 is 5.78 Å². The Hall–Kier alpha value is -2.83. The van der Waals surface area contributed by atoms with Crippen LogP contribution in [-0.2, 0) is 6.54 Å². The molecule has 6 nitrogen and oxygen atoms in total. The average molecular weight is 339 g/mol. The molecule has 2 heterocycles. The summed E-state index contributed by atoms with van der Waals surface area (Å²) in [7, 11) is 0. The number of Topliss-reactive ketones (excluding diaryl/α,β-unsaturated/α-hetero) is 1. The van der Waals surface area contributed by atoms with Crippen molar-refractivity contribution in [1.82, 2.24) is 24.8 Å². The molecule has 1 saturated carbocycles. The van der Waals surface area contributed by atoms with Crippen molar-refractivity contribution in [3.8, 4) is 11.4 Å². The van der Waals surface area contributed by atoms with Gasteiger partial charge in [0.1, 0.15) is 12.4 Å². The van der Waals surface area contributed by atoms with Crippen LogP contribution in [0.25, 0.3) is 11.4 Å². The van der Waals surface area contributed by atoms with Crippen molar-refractivity contribution in [3.05, 3.63) is 53.1 Å². The van der Waals surface area contributed by atoms with E-state index in [9.17, 15) is 9.18 Å². The Morgan fingerprint density at radius 1 is 1.28 bits per heavy atom. The van der Waals surface area contributed by atoms with Crippen molar-refractivity contribution in [2.75, 3.05) is 0 Å². The normalized spacial score (nSPS) is 14.0. The summed E-state index contributed by atoms with van der Waals surface area (Å²) in [6.45, 7) is 4.01. The summed E-state index contributed by atoms with van der Waals surface area (Å²) in [5, 5.41) is 12.0. The van der Waals surface area contributed by atoms with Crippen LogP contribution in [0.5, 0.6) is 0 Å². The zero-order chi connectivity index (χ0) is 17.6. The van der Waals surface area contributed by atoms with Gasteiger partial charge >= 0.3 is 0 Å². The van der Waals surface area contributed by atoms with Crippen LogP contribution >= 0.6 is 0 Å². The van der Waals surface area contributed by atoms with E-state index >= 15 is 0 Å². The third kappa shape index (κ3) is 2.97. The minimum atomic E-state index is -0.363. The number of halogens is 1. The van der Waals surface area contributed by atoms with Gasteiger partial charge in [0.2, 0.25) is 5.82 Å². The highest BCUT2D eigenvalue weighted by Gasteiger charge is 2.28. The van der Waals surface area contributed by atoms with Gasteiger partial charge < -0.3 is 4.57 Å². The highest BCUT2D eigenvalue weighted by atomic mass is 19.1. The predicted octanol–water partition coefficient (Wildman–Crippen LogP) is 3.12. The van der Waals surface area contributed by atoms with E-state index in [2.05, 4.69) is 20.0 Å². The molecule has 0 saturated heterocycles. The van der Waals surface area contributed by atoms with E-state index in [0.29, 0.717) is 23.0 Å². The molecule has 4 rings (SSSR count). The number of nitrogens with zero attached hydrogens (tertiary/aromatic N) is 5. The zero-order valence-corrected chi connectivity index (χ0v) is 14.1. The summed E-state index contributed by atoms with van der Waals surface area (Å²) in [4.78, 5) is 13.9. The standard InChI is InChI=1S/C18H18FN5O/c1-11-8-16(12(2)24(11)15-6-7-15)17(25)10-23-21-18(20-22-23)13-4-3-5-14(19)9-13/h3-5,8-9,15H,6-7,10H2,1-2H3. The number of tetrazole rings is 1. The summed E-state index contributed by atoms with van der Waals surface area (Å²) in [6.07, 6.45) is 2.34. The summed E-state index contributed by atoms with van der Waals surface area (Å²) >= 11 is 0. The quantitative estimate of drug-likeness (QED) is 0.670. The van der Waals surface area contributed by atoms with E-state index < -0.39 is 0 Å². The predicted molar refractivity (Wildman–Crippen MR) is 89.7 cm³/mol. The molecule has 7 heteroatoms. The van der Waals surface area contributed by atoms with Crippen molar-refractivity contribution in [2.45, 2.75) is 39.3 Å². The van der Waals surface area contributed by atoms with Crippen molar-refractivity contribution < 1.29 is 9.18 Å². The molecular formula is C18H18FN5O. The Labute approximate surface area is 144 Å². The summed E-state index contributed by atoms with van der Waals surface area (Å²) < 4.78 is 15.5. The van der Waals surface area contributed by atoms with Crippen LogP contribution in [-0.4, -0.2) is 30.6 Å². The van der Waals surface area contributed by atoms with Crippen molar-refractivity contribution in [2.24, 2.45) is 0 Å². The molecule has 0 unspecified atom stereocenters. The van der Waals surface area contributed by atoms with Gasteiger partial charge in [-0.3, -0.25) is 4.79 Å². The SMILES string of the molecule is Cc1cc(C(=O)Cn2nnc(-c3cccc(F)c3)n2)c(C)n1C1CC1. The minimum Gasteiger partial charge on any atom is -0.345 e. The highest BCUT2D eigenvalue weighted by Crippen LogP contribution is 2.38. The number of rotatable bonds is 5. The first-order valence-electron chi connectivity index (χ1n) is 8.28. The molecule has 2 aromatic heterocycles. The second kappa shape index (κ2) is 5.91. The van der Waals surface area contributed by atoms with Crippen LogP contribution in [0.1, 0.15) is 40.6 Å².